The van der Waals surface area contributed by atoms with Crippen molar-refractivity contribution in [2.45, 2.75) is 39.7 Å². The van der Waals surface area contributed by atoms with E-state index in [1.165, 1.54) is 10.6 Å². The molecule has 3 heterocycles. The number of carboxylic acids is 1. The molecule has 5 rings (SSSR count). The molecule has 1 aliphatic rings. The Balaban J connectivity index is 1.54. The Morgan fingerprint density at radius 1 is 1.16 bits per heavy atom. The summed E-state index contributed by atoms with van der Waals surface area (Å²) in [5.41, 5.74) is 3.55. The Kier molecular flexibility index (Phi) is 6.45. The van der Waals surface area contributed by atoms with Crippen molar-refractivity contribution < 1.29 is 27.5 Å². The molecule has 4 aromatic rings. The second-order valence-electron chi connectivity index (χ2n) is 9.84. The van der Waals surface area contributed by atoms with Gasteiger partial charge in [0.05, 0.1) is 28.8 Å². The topological polar surface area (TPSA) is 110 Å². The second kappa shape index (κ2) is 9.46. The van der Waals surface area contributed by atoms with Gasteiger partial charge >= 0.3 is 5.97 Å². The summed E-state index contributed by atoms with van der Waals surface area (Å²) in [6, 6.07) is 12.9. The Morgan fingerprint density at radius 3 is 2.51 bits per heavy atom. The van der Waals surface area contributed by atoms with E-state index in [-0.39, 0.29) is 17.6 Å². The highest BCUT2D eigenvalue weighted by Crippen LogP contribution is 2.38. The fourth-order valence-electron chi connectivity index (χ4n) is 5.22. The van der Waals surface area contributed by atoms with Crippen LogP contribution in [-0.2, 0) is 10.0 Å². The van der Waals surface area contributed by atoms with Crippen LogP contribution < -0.4 is 4.74 Å². The van der Waals surface area contributed by atoms with Crippen molar-refractivity contribution in [3.05, 3.63) is 59.2 Å². The first kappa shape index (κ1) is 25.2. The quantitative estimate of drug-likeness (QED) is 0.361. The Hall–Kier alpha value is -3.43. The van der Waals surface area contributed by atoms with Crippen LogP contribution in [-0.4, -0.2) is 54.2 Å². The van der Waals surface area contributed by atoms with Crippen LogP contribution in [0.1, 0.15) is 41.3 Å². The normalized spacial score (nSPS) is 16.3. The van der Waals surface area contributed by atoms with Gasteiger partial charge in [-0.2, -0.15) is 0 Å². The number of nitrogens with zero attached hydrogens (tertiary/aromatic N) is 2. The first-order valence-corrected chi connectivity index (χ1v) is 14.2. The van der Waals surface area contributed by atoms with Crippen molar-refractivity contribution in [2.24, 2.45) is 5.92 Å². The molecule has 2 aromatic carbocycles. The summed E-state index contributed by atoms with van der Waals surface area (Å²) in [7, 11) is -3.21. The molecule has 1 N–H and O–H groups in total. The van der Waals surface area contributed by atoms with Crippen molar-refractivity contribution in [3.8, 4) is 17.2 Å². The summed E-state index contributed by atoms with van der Waals surface area (Å²) >= 11 is 0. The number of ether oxygens (including phenoxy) is 1. The number of carbonyl (C=O) groups is 1. The minimum absolute atomic E-state index is 0.0950. The molecule has 1 saturated heterocycles. The van der Waals surface area contributed by atoms with Gasteiger partial charge in [-0.3, -0.25) is 0 Å². The summed E-state index contributed by atoms with van der Waals surface area (Å²) in [4.78, 5) is 17.3. The van der Waals surface area contributed by atoms with Gasteiger partial charge in [0.1, 0.15) is 17.0 Å². The molecule has 8 nitrogen and oxygen atoms in total. The number of aromatic nitrogens is 1. The van der Waals surface area contributed by atoms with E-state index in [0.717, 1.165) is 22.1 Å². The monoisotopic (exact) mass is 522 g/mol. The molecule has 9 heteroatoms. The van der Waals surface area contributed by atoms with Crippen LogP contribution in [0.2, 0.25) is 0 Å². The van der Waals surface area contributed by atoms with E-state index in [1.54, 1.807) is 12.1 Å². The number of hydrogen-bond acceptors (Lipinski definition) is 6. The molecule has 0 spiro atoms. The smallest absolute Gasteiger partial charge is 0.336 e. The summed E-state index contributed by atoms with van der Waals surface area (Å²) in [6.45, 7) is 6.69. The number of carboxylic acid groups (broad SMARTS) is 1. The number of rotatable bonds is 6. The Morgan fingerprint density at radius 2 is 1.86 bits per heavy atom. The minimum Gasteiger partial charge on any atom is -0.490 e. The zero-order valence-corrected chi connectivity index (χ0v) is 22.1. The van der Waals surface area contributed by atoms with E-state index in [2.05, 4.69) is 0 Å². The molecule has 0 unspecified atom stereocenters. The third-order valence-electron chi connectivity index (χ3n) is 7.38. The lowest BCUT2D eigenvalue weighted by Crippen LogP contribution is -2.41. The third-order valence-corrected chi connectivity index (χ3v) is 8.68. The maximum Gasteiger partial charge on any atom is 0.336 e. The lowest BCUT2D eigenvalue weighted by atomic mass is 9.93. The molecule has 1 fully saturated rings. The van der Waals surface area contributed by atoms with Crippen molar-refractivity contribution in [1.82, 2.24) is 9.29 Å². The van der Waals surface area contributed by atoms with E-state index < -0.39 is 16.0 Å². The van der Waals surface area contributed by atoms with Crippen LogP contribution >= 0.6 is 0 Å². The average molecular weight is 523 g/mol. The molecular weight excluding hydrogens is 492 g/mol. The number of fused-ring (bicyclic) bond motifs is 2. The minimum atomic E-state index is -3.21. The summed E-state index contributed by atoms with van der Waals surface area (Å²) in [5, 5.41) is 11.6. The van der Waals surface area contributed by atoms with Gasteiger partial charge < -0.3 is 14.3 Å². The number of benzene rings is 2. The average Bonchev–Trinajstić information content (AvgIpc) is 3.21. The highest BCUT2D eigenvalue weighted by Gasteiger charge is 2.30. The van der Waals surface area contributed by atoms with Crippen LogP contribution in [0.3, 0.4) is 0 Å². The van der Waals surface area contributed by atoms with Gasteiger partial charge in [-0.1, -0.05) is 24.3 Å². The van der Waals surface area contributed by atoms with E-state index in [0.29, 0.717) is 54.0 Å². The number of furan rings is 1. The molecule has 1 aliphatic heterocycles. The standard InChI is InChI=1S/C28H30N2O6S/c1-16-9-10-24(35-18(3)19-11-13-30(14-12-19)37(4,33)34)25-21(28(31)32)15-22(29-26(16)25)27-17(2)20-7-5-6-8-23(20)36-27/h5-10,15,18-19H,11-14H2,1-4H3,(H,31,32)/t18-/m0/s1. The zero-order chi connectivity index (χ0) is 26.5. The largest absolute Gasteiger partial charge is 0.490 e. The van der Waals surface area contributed by atoms with Gasteiger partial charge in [0.2, 0.25) is 10.0 Å². The van der Waals surface area contributed by atoms with Crippen molar-refractivity contribution in [2.75, 3.05) is 19.3 Å². The Labute approximate surface area is 215 Å². The number of pyridine rings is 1. The number of hydrogen-bond donors (Lipinski definition) is 1. The first-order valence-electron chi connectivity index (χ1n) is 12.3. The molecule has 0 amide bonds. The molecule has 0 bridgehead atoms. The van der Waals surface area contributed by atoms with Gasteiger partial charge in [-0.25, -0.2) is 22.5 Å². The van der Waals surface area contributed by atoms with Crippen molar-refractivity contribution in [3.63, 3.8) is 0 Å². The maximum absolute atomic E-state index is 12.5. The summed E-state index contributed by atoms with van der Waals surface area (Å²) in [5.74, 6) is 0.0683. The summed E-state index contributed by atoms with van der Waals surface area (Å²) in [6.07, 6.45) is 2.36. The zero-order valence-electron chi connectivity index (χ0n) is 21.3. The predicted octanol–water partition coefficient (Wildman–Crippen LogP) is 5.40. The molecular formula is C28H30N2O6S. The van der Waals surface area contributed by atoms with Gasteiger partial charge in [0.25, 0.3) is 0 Å². The van der Waals surface area contributed by atoms with Crippen LogP contribution in [0.25, 0.3) is 33.3 Å². The van der Waals surface area contributed by atoms with Crippen LogP contribution in [0.4, 0.5) is 0 Å². The van der Waals surface area contributed by atoms with Gasteiger partial charge in [0, 0.05) is 24.0 Å². The molecule has 1 atom stereocenters. The molecule has 0 aliphatic carbocycles. The van der Waals surface area contributed by atoms with E-state index in [1.807, 2.05) is 51.1 Å². The highest BCUT2D eigenvalue weighted by atomic mass is 32.2. The lowest BCUT2D eigenvalue weighted by molar-refractivity contribution is 0.0698. The van der Waals surface area contributed by atoms with Crippen LogP contribution in [0.5, 0.6) is 5.75 Å². The number of sulfonamides is 1. The van der Waals surface area contributed by atoms with E-state index in [4.69, 9.17) is 14.1 Å². The van der Waals surface area contributed by atoms with Gasteiger partial charge in [-0.15, -0.1) is 0 Å². The van der Waals surface area contributed by atoms with Crippen LogP contribution in [0.15, 0.2) is 46.9 Å². The van der Waals surface area contributed by atoms with Gasteiger partial charge in [-0.05, 0) is 63.3 Å². The van der Waals surface area contributed by atoms with Crippen LogP contribution in [0, 0.1) is 19.8 Å². The first-order chi connectivity index (χ1) is 17.5. The van der Waals surface area contributed by atoms with Gasteiger partial charge in [0.15, 0.2) is 5.76 Å². The molecule has 0 saturated carbocycles. The summed E-state index contributed by atoms with van der Waals surface area (Å²) < 4.78 is 37.7. The molecule has 0 radical (unpaired) electrons. The number of aryl methyl sites for hydroxylation is 2. The predicted molar refractivity (Wildman–Crippen MR) is 143 cm³/mol. The molecule has 2 aromatic heterocycles. The highest BCUT2D eigenvalue weighted by molar-refractivity contribution is 7.88. The number of aromatic carboxylic acids is 1. The van der Waals surface area contributed by atoms with E-state index in [9.17, 15) is 18.3 Å². The van der Waals surface area contributed by atoms with E-state index >= 15 is 0 Å². The Bertz CT molecular complexity index is 1620. The van der Waals surface area contributed by atoms with Crippen molar-refractivity contribution >= 4 is 37.9 Å². The number of para-hydroxylation sites is 1. The lowest BCUT2D eigenvalue weighted by Gasteiger charge is -2.33. The SMILES string of the molecule is Cc1c(-c2cc(C(=O)O)c3c(O[C@@H](C)C4CCN(S(C)(=O)=O)CC4)ccc(C)c3n2)oc2ccccc12. The fourth-order valence-corrected chi connectivity index (χ4v) is 6.09. The third kappa shape index (κ3) is 4.69. The molecule has 37 heavy (non-hydrogen) atoms. The van der Waals surface area contributed by atoms with Crippen molar-refractivity contribution in [1.29, 1.82) is 0 Å². The second-order valence-corrected chi connectivity index (χ2v) is 11.8. The fraction of sp³-hybridized carbons (Fsp3) is 0.357. The maximum atomic E-state index is 12.5. The molecule has 194 valence electrons. The number of piperidine rings is 1.